The summed E-state index contributed by atoms with van der Waals surface area (Å²) in [5.41, 5.74) is 0. The second-order valence-electron chi connectivity index (χ2n) is 5.59. The van der Waals surface area contributed by atoms with E-state index in [9.17, 15) is 9.59 Å². The van der Waals surface area contributed by atoms with Crippen molar-refractivity contribution in [3.05, 3.63) is 12.2 Å². The molecule has 3 heteroatoms. The summed E-state index contributed by atoms with van der Waals surface area (Å²) < 4.78 is 4.47. The first-order valence-corrected chi connectivity index (χ1v) is 8.53. The van der Waals surface area contributed by atoms with E-state index in [4.69, 9.17) is 0 Å². The molecule has 0 saturated heterocycles. The molecular weight excluding hydrogens is 264 g/mol. The van der Waals surface area contributed by atoms with Crippen molar-refractivity contribution in [2.45, 2.75) is 90.9 Å². The highest BCUT2D eigenvalue weighted by Crippen LogP contribution is 2.10. The van der Waals surface area contributed by atoms with E-state index in [1.807, 2.05) is 0 Å². The molecule has 0 saturated carbocycles. The number of carbonyl (C=O) groups is 2. The van der Waals surface area contributed by atoms with Gasteiger partial charge in [-0.05, 0) is 25.7 Å². The lowest BCUT2D eigenvalue weighted by molar-refractivity contribution is -0.158. The highest BCUT2D eigenvalue weighted by molar-refractivity contribution is 5.83. The standard InChI is InChI=1S/C18H32O3/c1-3-4-5-6-7-8-9-10-11-12-13-14-15-16-18(20)21-17(2)19/h6-7H,3-5,8-16H2,1-2H3/b7-6-. The van der Waals surface area contributed by atoms with Gasteiger partial charge in [-0.15, -0.1) is 0 Å². The van der Waals surface area contributed by atoms with Gasteiger partial charge in [0.1, 0.15) is 0 Å². The van der Waals surface area contributed by atoms with Gasteiger partial charge in [-0.2, -0.15) is 0 Å². The average molecular weight is 296 g/mol. The van der Waals surface area contributed by atoms with Gasteiger partial charge in [-0.25, -0.2) is 0 Å². The van der Waals surface area contributed by atoms with Crippen molar-refractivity contribution in [2.24, 2.45) is 0 Å². The fourth-order valence-corrected chi connectivity index (χ4v) is 2.18. The van der Waals surface area contributed by atoms with Crippen LogP contribution in [0, 0.1) is 0 Å². The summed E-state index contributed by atoms with van der Waals surface area (Å²) in [6.45, 7) is 3.48. The molecule has 0 aromatic heterocycles. The molecule has 0 aromatic carbocycles. The van der Waals surface area contributed by atoms with Gasteiger partial charge in [0.05, 0.1) is 0 Å². The quantitative estimate of drug-likeness (QED) is 0.199. The number of hydrogen-bond donors (Lipinski definition) is 0. The SMILES string of the molecule is CCCC/C=C\CCCCCCCCCC(=O)OC(C)=O. The first-order chi connectivity index (χ1) is 10.2. The minimum atomic E-state index is -0.510. The summed E-state index contributed by atoms with van der Waals surface area (Å²) >= 11 is 0. The Bertz CT molecular complexity index is 295. The molecule has 122 valence electrons. The molecule has 0 aromatic rings. The lowest BCUT2D eigenvalue weighted by Crippen LogP contribution is -2.08. The Hall–Kier alpha value is -1.12. The second kappa shape index (κ2) is 15.3. The van der Waals surface area contributed by atoms with Gasteiger partial charge in [0.2, 0.25) is 0 Å². The molecular formula is C18H32O3. The fraction of sp³-hybridized carbons (Fsp3) is 0.778. The molecule has 0 aliphatic carbocycles. The lowest BCUT2D eigenvalue weighted by Gasteiger charge is -2.01. The molecule has 0 rings (SSSR count). The molecule has 0 atom stereocenters. The second-order valence-corrected chi connectivity index (χ2v) is 5.59. The lowest BCUT2D eigenvalue weighted by atomic mass is 10.1. The van der Waals surface area contributed by atoms with Crippen LogP contribution in [0.1, 0.15) is 90.9 Å². The summed E-state index contributed by atoms with van der Waals surface area (Å²) in [6, 6.07) is 0. The first kappa shape index (κ1) is 19.9. The Balaban J connectivity index is 3.17. The van der Waals surface area contributed by atoms with Crippen LogP contribution in [0.3, 0.4) is 0 Å². The van der Waals surface area contributed by atoms with Crippen LogP contribution in [0.2, 0.25) is 0 Å². The van der Waals surface area contributed by atoms with Gasteiger partial charge >= 0.3 is 11.9 Å². The largest absolute Gasteiger partial charge is 0.393 e. The molecule has 0 N–H and O–H groups in total. The molecule has 0 spiro atoms. The maximum absolute atomic E-state index is 11.1. The Kier molecular flexibility index (Phi) is 14.5. The smallest absolute Gasteiger partial charge is 0.313 e. The third-order valence-corrected chi connectivity index (χ3v) is 3.40. The van der Waals surface area contributed by atoms with Crippen LogP contribution in [0.15, 0.2) is 12.2 Å². The first-order valence-electron chi connectivity index (χ1n) is 8.53. The van der Waals surface area contributed by atoms with Crippen LogP contribution in [0.4, 0.5) is 0 Å². The molecule has 0 amide bonds. The van der Waals surface area contributed by atoms with Crippen molar-refractivity contribution in [1.29, 1.82) is 0 Å². The molecule has 21 heavy (non-hydrogen) atoms. The van der Waals surface area contributed by atoms with Crippen LogP contribution >= 0.6 is 0 Å². The van der Waals surface area contributed by atoms with Crippen LogP contribution < -0.4 is 0 Å². The number of esters is 2. The number of allylic oxidation sites excluding steroid dienone is 2. The molecule has 0 fully saturated rings. The van der Waals surface area contributed by atoms with Gasteiger partial charge in [0, 0.05) is 13.3 Å². The number of carbonyl (C=O) groups excluding carboxylic acids is 2. The highest BCUT2D eigenvalue weighted by atomic mass is 16.6. The van der Waals surface area contributed by atoms with E-state index in [2.05, 4.69) is 23.8 Å². The number of hydrogen-bond acceptors (Lipinski definition) is 3. The minimum absolute atomic E-state index is 0.363. The zero-order chi connectivity index (χ0) is 15.8. The molecule has 0 aliphatic heterocycles. The van der Waals surface area contributed by atoms with Crippen molar-refractivity contribution < 1.29 is 14.3 Å². The zero-order valence-electron chi connectivity index (χ0n) is 13.9. The Morgan fingerprint density at radius 3 is 1.90 bits per heavy atom. The van der Waals surface area contributed by atoms with Crippen LogP contribution in [0.5, 0.6) is 0 Å². The molecule has 0 radical (unpaired) electrons. The van der Waals surface area contributed by atoms with Crippen LogP contribution in [0.25, 0.3) is 0 Å². The van der Waals surface area contributed by atoms with Crippen molar-refractivity contribution in [1.82, 2.24) is 0 Å². The summed E-state index contributed by atoms with van der Waals surface area (Å²) in [6.07, 6.45) is 18.1. The van der Waals surface area contributed by atoms with Crippen molar-refractivity contribution >= 4 is 11.9 Å². The molecule has 0 aliphatic rings. The van der Waals surface area contributed by atoms with Crippen molar-refractivity contribution in [3.8, 4) is 0 Å². The van der Waals surface area contributed by atoms with Gasteiger partial charge in [0.15, 0.2) is 0 Å². The summed E-state index contributed by atoms with van der Waals surface area (Å²) in [5, 5.41) is 0. The fourth-order valence-electron chi connectivity index (χ4n) is 2.18. The summed E-state index contributed by atoms with van der Waals surface area (Å²) in [4.78, 5) is 21.6. The normalized spacial score (nSPS) is 11.0. The maximum atomic E-state index is 11.1. The van der Waals surface area contributed by atoms with Crippen LogP contribution in [-0.2, 0) is 14.3 Å². The van der Waals surface area contributed by atoms with Gasteiger partial charge in [-0.3, -0.25) is 9.59 Å². The van der Waals surface area contributed by atoms with E-state index in [1.165, 1.54) is 64.7 Å². The maximum Gasteiger partial charge on any atom is 0.313 e. The van der Waals surface area contributed by atoms with Gasteiger partial charge in [-0.1, -0.05) is 64.0 Å². The van der Waals surface area contributed by atoms with Gasteiger partial charge < -0.3 is 4.74 Å². The van der Waals surface area contributed by atoms with Crippen LogP contribution in [-0.4, -0.2) is 11.9 Å². The average Bonchev–Trinajstić information content (AvgIpc) is 2.43. The minimum Gasteiger partial charge on any atom is -0.393 e. The topological polar surface area (TPSA) is 43.4 Å². The van der Waals surface area contributed by atoms with E-state index in [-0.39, 0.29) is 0 Å². The van der Waals surface area contributed by atoms with E-state index < -0.39 is 11.9 Å². The van der Waals surface area contributed by atoms with E-state index >= 15 is 0 Å². The van der Waals surface area contributed by atoms with E-state index in [1.54, 1.807) is 0 Å². The number of rotatable bonds is 13. The Labute approximate surface area is 130 Å². The highest BCUT2D eigenvalue weighted by Gasteiger charge is 2.04. The van der Waals surface area contributed by atoms with Crippen molar-refractivity contribution in [3.63, 3.8) is 0 Å². The number of unbranched alkanes of at least 4 members (excludes halogenated alkanes) is 9. The predicted octanol–water partition coefficient (Wildman–Crippen LogP) is 5.33. The summed E-state index contributed by atoms with van der Waals surface area (Å²) in [7, 11) is 0. The molecule has 0 unspecified atom stereocenters. The molecule has 0 heterocycles. The third-order valence-electron chi connectivity index (χ3n) is 3.40. The van der Waals surface area contributed by atoms with Gasteiger partial charge in [0.25, 0.3) is 0 Å². The summed E-state index contributed by atoms with van der Waals surface area (Å²) in [5.74, 6) is -0.902. The van der Waals surface area contributed by atoms with E-state index in [0.717, 1.165) is 12.8 Å². The van der Waals surface area contributed by atoms with E-state index in [0.29, 0.717) is 6.42 Å². The van der Waals surface area contributed by atoms with Crippen molar-refractivity contribution in [2.75, 3.05) is 0 Å². The molecule has 3 nitrogen and oxygen atoms in total. The predicted molar refractivity (Wildman–Crippen MR) is 87.0 cm³/mol. The Morgan fingerprint density at radius 2 is 1.33 bits per heavy atom. The number of ether oxygens (including phenoxy) is 1. The monoisotopic (exact) mass is 296 g/mol. The zero-order valence-corrected chi connectivity index (χ0v) is 13.9. The Morgan fingerprint density at radius 1 is 0.810 bits per heavy atom. The molecule has 0 bridgehead atoms. The third kappa shape index (κ3) is 16.8.